The summed E-state index contributed by atoms with van der Waals surface area (Å²) in [5, 5.41) is 1.21. The predicted octanol–water partition coefficient (Wildman–Crippen LogP) is 4.76. The molecule has 0 atom stereocenters. The van der Waals surface area contributed by atoms with Gasteiger partial charge < -0.3 is 9.80 Å². The molecule has 0 spiro atoms. The van der Waals surface area contributed by atoms with Crippen LogP contribution in [0.4, 0.5) is 11.4 Å². The lowest BCUT2D eigenvalue weighted by Gasteiger charge is -2.36. The molecule has 3 aromatic rings. The maximum atomic E-state index is 12.9. The zero-order valence-electron chi connectivity index (χ0n) is 17.0. The first kappa shape index (κ1) is 22.5. The Hall–Kier alpha value is -2.74. The van der Waals surface area contributed by atoms with Gasteiger partial charge in [0.25, 0.3) is 15.9 Å². The molecule has 4 rings (SSSR count). The van der Waals surface area contributed by atoms with E-state index in [-0.39, 0.29) is 10.8 Å². The van der Waals surface area contributed by atoms with Gasteiger partial charge >= 0.3 is 0 Å². The number of sulfonamides is 1. The number of halogens is 2. The third-order valence-corrected chi connectivity index (χ3v) is 7.24. The Morgan fingerprint density at radius 3 is 2.06 bits per heavy atom. The number of carbonyl (C=O) groups excluding carboxylic acids is 1. The Morgan fingerprint density at radius 2 is 1.44 bits per heavy atom. The largest absolute Gasteiger partial charge is 0.367 e. The molecule has 0 bridgehead atoms. The van der Waals surface area contributed by atoms with Gasteiger partial charge in [-0.25, -0.2) is 8.42 Å². The predicted molar refractivity (Wildman–Crippen MR) is 128 cm³/mol. The van der Waals surface area contributed by atoms with E-state index in [1.165, 1.54) is 12.1 Å². The molecule has 1 aliphatic rings. The first-order valence-electron chi connectivity index (χ1n) is 10.0. The number of hydrogen-bond acceptors (Lipinski definition) is 4. The highest BCUT2D eigenvalue weighted by molar-refractivity contribution is 7.92. The third-order valence-electron chi connectivity index (χ3n) is 5.27. The quantitative estimate of drug-likeness (QED) is 0.560. The molecule has 1 fully saturated rings. The second-order valence-corrected chi connectivity index (χ2v) is 9.89. The molecular formula is C23H21Cl2N3O3S. The highest BCUT2D eigenvalue weighted by Gasteiger charge is 2.24. The summed E-state index contributed by atoms with van der Waals surface area (Å²) in [5.41, 5.74) is 1.82. The van der Waals surface area contributed by atoms with Crippen molar-refractivity contribution in [3.63, 3.8) is 0 Å². The molecule has 0 unspecified atom stereocenters. The van der Waals surface area contributed by atoms with Gasteiger partial charge in [-0.2, -0.15) is 0 Å². The summed E-state index contributed by atoms with van der Waals surface area (Å²) in [6.45, 7) is 2.46. The second-order valence-electron chi connectivity index (χ2n) is 7.37. The number of amides is 1. The Morgan fingerprint density at radius 1 is 0.812 bits per heavy atom. The average Bonchev–Trinajstić information content (AvgIpc) is 2.80. The molecule has 6 nitrogen and oxygen atoms in total. The molecule has 32 heavy (non-hydrogen) atoms. The summed E-state index contributed by atoms with van der Waals surface area (Å²) >= 11 is 12.1. The van der Waals surface area contributed by atoms with Crippen LogP contribution in [-0.2, 0) is 10.0 Å². The zero-order valence-corrected chi connectivity index (χ0v) is 19.4. The van der Waals surface area contributed by atoms with Crippen LogP contribution in [0.1, 0.15) is 10.4 Å². The standard InChI is InChI=1S/C23H21Cl2N3O3S/c24-18-7-9-19(10-8-18)26-32(30,31)20-11-5-17(6-12-20)23(29)28-15-13-27(14-16-28)22-4-2-1-3-21(22)25/h1-12,26H,13-16H2. The van der Waals surface area contributed by atoms with Crippen molar-refractivity contribution in [1.29, 1.82) is 0 Å². The van der Waals surface area contributed by atoms with E-state index in [9.17, 15) is 13.2 Å². The van der Waals surface area contributed by atoms with Gasteiger partial charge in [-0.15, -0.1) is 0 Å². The summed E-state index contributed by atoms with van der Waals surface area (Å²) in [7, 11) is -3.77. The van der Waals surface area contributed by atoms with E-state index < -0.39 is 10.0 Å². The number of rotatable bonds is 5. The summed E-state index contributed by atoms with van der Waals surface area (Å²) in [6.07, 6.45) is 0. The second kappa shape index (κ2) is 9.40. The number of carbonyl (C=O) groups is 1. The van der Waals surface area contributed by atoms with Crippen LogP contribution in [-0.4, -0.2) is 45.4 Å². The van der Waals surface area contributed by atoms with Crippen LogP contribution in [0.2, 0.25) is 10.0 Å². The lowest BCUT2D eigenvalue weighted by molar-refractivity contribution is 0.0746. The highest BCUT2D eigenvalue weighted by Crippen LogP contribution is 2.26. The van der Waals surface area contributed by atoms with Crippen LogP contribution >= 0.6 is 23.2 Å². The molecule has 166 valence electrons. The molecule has 1 saturated heterocycles. The molecule has 1 N–H and O–H groups in total. The number of benzene rings is 3. The van der Waals surface area contributed by atoms with Gasteiger partial charge in [-0.1, -0.05) is 35.3 Å². The Labute approximate surface area is 197 Å². The molecule has 3 aromatic carbocycles. The molecular weight excluding hydrogens is 469 g/mol. The van der Waals surface area contributed by atoms with Crippen molar-refractivity contribution in [2.24, 2.45) is 0 Å². The van der Waals surface area contributed by atoms with Gasteiger partial charge in [0.2, 0.25) is 0 Å². The monoisotopic (exact) mass is 489 g/mol. The van der Waals surface area contributed by atoms with Gasteiger partial charge in [0, 0.05) is 42.5 Å². The topological polar surface area (TPSA) is 69.7 Å². The molecule has 0 aliphatic carbocycles. The van der Waals surface area contributed by atoms with Crippen molar-refractivity contribution in [1.82, 2.24) is 4.90 Å². The van der Waals surface area contributed by atoms with Crippen LogP contribution in [0.15, 0.2) is 77.7 Å². The van der Waals surface area contributed by atoms with Crippen molar-refractivity contribution < 1.29 is 13.2 Å². The first-order valence-corrected chi connectivity index (χ1v) is 12.2. The maximum Gasteiger partial charge on any atom is 0.261 e. The minimum atomic E-state index is -3.77. The van der Waals surface area contributed by atoms with Crippen LogP contribution in [0.5, 0.6) is 0 Å². The third kappa shape index (κ3) is 5.01. The number of piperazine rings is 1. The summed E-state index contributed by atoms with van der Waals surface area (Å²) in [6, 6.07) is 20.0. The summed E-state index contributed by atoms with van der Waals surface area (Å²) < 4.78 is 27.7. The Balaban J connectivity index is 1.40. The van der Waals surface area contributed by atoms with E-state index in [0.29, 0.717) is 47.5 Å². The number of para-hydroxylation sites is 1. The van der Waals surface area contributed by atoms with Gasteiger partial charge in [0.1, 0.15) is 0 Å². The maximum absolute atomic E-state index is 12.9. The average molecular weight is 490 g/mol. The normalized spacial score (nSPS) is 14.3. The van der Waals surface area contributed by atoms with Gasteiger partial charge in [0.15, 0.2) is 0 Å². The molecule has 0 aromatic heterocycles. The van der Waals surface area contributed by atoms with Gasteiger partial charge in [0.05, 0.1) is 15.6 Å². The van der Waals surface area contributed by atoms with Crippen molar-refractivity contribution in [3.8, 4) is 0 Å². The molecule has 0 saturated carbocycles. The van der Waals surface area contributed by atoms with E-state index >= 15 is 0 Å². The Bertz CT molecular complexity index is 1210. The molecule has 1 heterocycles. The van der Waals surface area contributed by atoms with Crippen LogP contribution in [0.25, 0.3) is 0 Å². The highest BCUT2D eigenvalue weighted by atomic mass is 35.5. The minimum absolute atomic E-state index is 0.0764. The van der Waals surface area contributed by atoms with E-state index in [1.54, 1.807) is 41.3 Å². The number of anilines is 2. The summed E-state index contributed by atoms with van der Waals surface area (Å²) in [5.74, 6) is -0.126. The lowest BCUT2D eigenvalue weighted by atomic mass is 10.1. The molecule has 1 amide bonds. The zero-order chi connectivity index (χ0) is 22.7. The van der Waals surface area contributed by atoms with Crippen LogP contribution < -0.4 is 9.62 Å². The number of nitrogens with one attached hydrogen (secondary N) is 1. The SMILES string of the molecule is O=C(c1ccc(S(=O)(=O)Nc2ccc(Cl)cc2)cc1)N1CCN(c2ccccc2Cl)CC1. The Kier molecular flexibility index (Phi) is 6.60. The van der Waals surface area contributed by atoms with Crippen molar-refractivity contribution in [2.45, 2.75) is 4.90 Å². The van der Waals surface area contributed by atoms with E-state index in [0.717, 1.165) is 5.69 Å². The first-order chi connectivity index (χ1) is 15.3. The van der Waals surface area contributed by atoms with Crippen molar-refractivity contribution in [3.05, 3.63) is 88.4 Å². The smallest absolute Gasteiger partial charge is 0.261 e. The minimum Gasteiger partial charge on any atom is -0.367 e. The van der Waals surface area contributed by atoms with Crippen LogP contribution in [0, 0.1) is 0 Å². The van der Waals surface area contributed by atoms with E-state index in [2.05, 4.69) is 9.62 Å². The fourth-order valence-corrected chi connectivity index (χ4v) is 4.99. The molecule has 9 heteroatoms. The van der Waals surface area contributed by atoms with Crippen molar-refractivity contribution in [2.75, 3.05) is 35.8 Å². The van der Waals surface area contributed by atoms with Gasteiger partial charge in [-0.3, -0.25) is 9.52 Å². The fraction of sp³-hybridized carbons (Fsp3) is 0.174. The molecule has 1 aliphatic heterocycles. The fourth-order valence-electron chi connectivity index (χ4n) is 3.55. The van der Waals surface area contributed by atoms with E-state index in [4.69, 9.17) is 23.2 Å². The van der Waals surface area contributed by atoms with E-state index in [1.807, 2.05) is 24.3 Å². The number of hydrogen-bond donors (Lipinski definition) is 1. The van der Waals surface area contributed by atoms with Gasteiger partial charge in [-0.05, 0) is 60.7 Å². The summed E-state index contributed by atoms with van der Waals surface area (Å²) in [4.78, 5) is 16.9. The lowest BCUT2D eigenvalue weighted by Crippen LogP contribution is -2.48. The number of nitrogens with zero attached hydrogens (tertiary/aromatic N) is 2. The molecule has 0 radical (unpaired) electrons. The van der Waals surface area contributed by atoms with Crippen LogP contribution in [0.3, 0.4) is 0 Å². The van der Waals surface area contributed by atoms with Crippen molar-refractivity contribution >= 4 is 50.5 Å².